The van der Waals surface area contributed by atoms with Crippen molar-refractivity contribution in [3.05, 3.63) is 35.6 Å². The van der Waals surface area contributed by atoms with Crippen LogP contribution in [0.2, 0.25) is 0 Å². The summed E-state index contributed by atoms with van der Waals surface area (Å²) in [5.41, 5.74) is 1.07. The zero-order chi connectivity index (χ0) is 10.7. The van der Waals surface area contributed by atoms with Crippen LogP contribution in [0.25, 0.3) is 0 Å². The molecule has 1 fully saturated rings. The van der Waals surface area contributed by atoms with E-state index in [0.29, 0.717) is 6.04 Å². The van der Waals surface area contributed by atoms with Gasteiger partial charge < -0.3 is 5.32 Å². The second kappa shape index (κ2) is 4.75. The average molecular weight is 207 g/mol. The normalized spacial score (nSPS) is 18.5. The Balaban J connectivity index is 2.04. The van der Waals surface area contributed by atoms with E-state index in [1.54, 1.807) is 12.1 Å². The summed E-state index contributed by atoms with van der Waals surface area (Å²) in [7, 11) is 1.95. The maximum Gasteiger partial charge on any atom is 0.123 e. The first-order valence-corrected chi connectivity index (χ1v) is 5.72. The van der Waals surface area contributed by atoms with Gasteiger partial charge in [-0.3, -0.25) is 0 Å². The quantitative estimate of drug-likeness (QED) is 0.799. The van der Waals surface area contributed by atoms with E-state index >= 15 is 0 Å². The summed E-state index contributed by atoms with van der Waals surface area (Å²) in [6, 6.07) is 7.24. The lowest BCUT2D eigenvalue weighted by Gasteiger charge is -2.29. The molecule has 1 atom stereocenters. The Morgan fingerprint density at radius 1 is 1.47 bits per heavy atom. The first-order valence-electron chi connectivity index (χ1n) is 5.72. The predicted octanol–water partition coefficient (Wildman–Crippen LogP) is 3.28. The van der Waals surface area contributed by atoms with Gasteiger partial charge in [0, 0.05) is 6.04 Å². The van der Waals surface area contributed by atoms with Crippen LogP contribution in [0.4, 0.5) is 4.39 Å². The molecule has 1 saturated carbocycles. The maximum atomic E-state index is 13.1. The van der Waals surface area contributed by atoms with Crippen LogP contribution in [-0.2, 0) is 0 Å². The molecular formula is C13H18FN. The van der Waals surface area contributed by atoms with Crippen LogP contribution in [0.3, 0.4) is 0 Å². The van der Waals surface area contributed by atoms with Crippen LogP contribution in [-0.4, -0.2) is 7.05 Å². The summed E-state index contributed by atoms with van der Waals surface area (Å²) in [6.07, 6.45) is 5.19. The van der Waals surface area contributed by atoms with Crippen molar-refractivity contribution in [1.82, 2.24) is 5.32 Å². The molecule has 1 aliphatic rings. The van der Waals surface area contributed by atoms with Gasteiger partial charge in [-0.2, -0.15) is 0 Å². The van der Waals surface area contributed by atoms with Crippen LogP contribution in [0.5, 0.6) is 0 Å². The van der Waals surface area contributed by atoms with E-state index in [9.17, 15) is 4.39 Å². The lowest BCUT2D eigenvalue weighted by atomic mass is 9.79. The topological polar surface area (TPSA) is 12.0 Å². The Kier molecular flexibility index (Phi) is 3.37. The minimum Gasteiger partial charge on any atom is -0.313 e. The Bertz CT molecular complexity index is 320. The number of nitrogens with one attached hydrogen (secondary N) is 1. The Hall–Kier alpha value is -0.890. The summed E-state index contributed by atoms with van der Waals surface area (Å²) in [5, 5.41) is 3.28. The number of hydrogen-bond acceptors (Lipinski definition) is 1. The molecule has 0 aromatic heterocycles. The molecule has 2 rings (SSSR count). The second-order valence-corrected chi connectivity index (χ2v) is 4.43. The van der Waals surface area contributed by atoms with E-state index in [-0.39, 0.29) is 5.82 Å². The summed E-state index contributed by atoms with van der Waals surface area (Å²) < 4.78 is 13.1. The molecule has 0 amide bonds. The van der Waals surface area contributed by atoms with Crippen molar-refractivity contribution in [2.45, 2.75) is 31.7 Å². The van der Waals surface area contributed by atoms with Crippen molar-refractivity contribution in [1.29, 1.82) is 0 Å². The van der Waals surface area contributed by atoms with Gasteiger partial charge in [-0.1, -0.05) is 31.4 Å². The number of hydrogen-bond donors (Lipinski definition) is 1. The monoisotopic (exact) mass is 207 g/mol. The van der Waals surface area contributed by atoms with Gasteiger partial charge in [0.25, 0.3) is 0 Å². The SMILES string of the molecule is CNC(CC1CCC1)c1cccc(F)c1. The summed E-state index contributed by atoms with van der Waals surface area (Å²) in [5.74, 6) is 0.701. The summed E-state index contributed by atoms with van der Waals surface area (Å²) >= 11 is 0. The van der Waals surface area contributed by atoms with Crippen molar-refractivity contribution in [2.24, 2.45) is 5.92 Å². The molecule has 1 nitrogen and oxygen atoms in total. The molecular weight excluding hydrogens is 189 g/mol. The molecule has 0 aliphatic heterocycles. The van der Waals surface area contributed by atoms with Crippen LogP contribution >= 0.6 is 0 Å². The molecule has 1 aromatic carbocycles. The fourth-order valence-electron chi connectivity index (χ4n) is 2.21. The maximum absolute atomic E-state index is 13.1. The molecule has 0 saturated heterocycles. The van der Waals surface area contributed by atoms with E-state index in [2.05, 4.69) is 5.32 Å². The van der Waals surface area contributed by atoms with E-state index in [4.69, 9.17) is 0 Å². The van der Waals surface area contributed by atoms with Crippen molar-refractivity contribution >= 4 is 0 Å². The van der Waals surface area contributed by atoms with Crippen LogP contribution in [0.1, 0.15) is 37.3 Å². The third-order valence-corrected chi connectivity index (χ3v) is 3.39. The molecule has 1 unspecified atom stereocenters. The van der Waals surface area contributed by atoms with Gasteiger partial charge >= 0.3 is 0 Å². The Morgan fingerprint density at radius 3 is 2.80 bits per heavy atom. The van der Waals surface area contributed by atoms with Crippen LogP contribution in [0, 0.1) is 11.7 Å². The van der Waals surface area contributed by atoms with Crippen molar-refractivity contribution in [2.75, 3.05) is 7.05 Å². The van der Waals surface area contributed by atoms with E-state index in [0.717, 1.165) is 17.9 Å². The number of halogens is 1. The van der Waals surface area contributed by atoms with Gasteiger partial charge in [0.05, 0.1) is 0 Å². The molecule has 2 heteroatoms. The average Bonchev–Trinajstić information content (AvgIpc) is 2.16. The Labute approximate surface area is 90.7 Å². The lowest BCUT2D eigenvalue weighted by Crippen LogP contribution is -2.23. The van der Waals surface area contributed by atoms with Gasteiger partial charge in [-0.15, -0.1) is 0 Å². The number of benzene rings is 1. The van der Waals surface area contributed by atoms with Gasteiger partial charge in [0.15, 0.2) is 0 Å². The molecule has 1 N–H and O–H groups in total. The molecule has 15 heavy (non-hydrogen) atoms. The van der Waals surface area contributed by atoms with Gasteiger partial charge in [-0.05, 0) is 37.1 Å². The van der Waals surface area contributed by atoms with E-state index in [1.807, 2.05) is 13.1 Å². The minimum atomic E-state index is -0.138. The Morgan fingerprint density at radius 2 is 2.27 bits per heavy atom. The molecule has 1 aliphatic carbocycles. The third-order valence-electron chi connectivity index (χ3n) is 3.39. The third kappa shape index (κ3) is 2.57. The second-order valence-electron chi connectivity index (χ2n) is 4.43. The van der Waals surface area contributed by atoms with Gasteiger partial charge in [-0.25, -0.2) is 4.39 Å². The highest BCUT2D eigenvalue weighted by Crippen LogP contribution is 2.34. The van der Waals surface area contributed by atoms with Crippen molar-refractivity contribution < 1.29 is 4.39 Å². The molecule has 0 bridgehead atoms. The fraction of sp³-hybridized carbons (Fsp3) is 0.538. The highest BCUT2D eigenvalue weighted by Gasteiger charge is 2.22. The van der Waals surface area contributed by atoms with Gasteiger partial charge in [0.1, 0.15) is 5.82 Å². The highest BCUT2D eigenvalue weighted by molar-refractivity contribution is 5.20. The van der Waals surface area contributed by atoms with E-state index in [1.165, 1.54) is 25.3 Å². The fourth-order valence-corrected chi connectivity index (χ4v) is 2.21. The van der Waals surface area contributed by atoms with Crippen molar-refractivity contribution in [3.8, 4) is 0 Å². The molecule has 0 heterocycles. The van der Waals surface area contributed by atoms with Crippen LogP contribution in [0.15, 0.2) is 24.3 Å². The smallest absolute Gasteiger partial charge is 0.123 e. The molecule has 0 radical (unpaired) electrons. The first-order chi connectivity index (χ1) is 7.29. The number of rotatable bonds is 4. The summed E-state index contributed by atoms with van der Waals surface area (Å²) in [6.45, 7) is 0. The van der Waals surface area contributed by atoms with Gasteiger partial charge in [0.2, 0.25) is 0 Å². The van der Waals surface area contributed by atoms with E-state index < -0.39 is 0 Å². The standard InChI is InChI=1S/C13H18FN/c1-15-13(8-10-4-2-5-10)11-6-3-7-12(14)9-11/h3,6-7,9-10,13,15H,2,4-5,8H2,1H3. The largest absolute Gasteiger partial charge is 0.313 e. The molecule has 1 aromatic rings. The zero-order valence-electron chi connectivity index (χ0n) is 9.17. The molecule has 82 valence electrons. The van der Waals surface area contributed by atoms with Crippen LogP contribution < -0.4 is 5.32 Å². The molecule has 0 spiro atoms. The lowest BCUT2D eigenvalue weighted by molar-refractivity contribution is 0.265. The minimum absolute atomic E-state index is 0.138. The van der Waals surface area contributed by atoms with Crippen molar-refractivity contribution in [3.63, 3.8) is 0 Å². The first kappa shape index (κ1) is 10.6. The highest BCUT2D eigenvalue weighted by atomic mass is 19.1. The zero-order valence-corrected chi connectivity index (χ0v) is 9.17. The predicted molar refractivity (Wildman–Crippen MR) is 60.2 cm³/mol. The summed E-state index contributed by atoms with van der Waals surface area (Å²) in [4.78, 5) is 0.